The van der Waals surface area contributed by atoms with Crippen LogP contribution >= 0.6 is 22.9 Å². The zero-order chi connectivity index (χ0) is 17.1. The van der Waals surface area contributed by atoms with Crippen molar-refractivity contribution in [2.75, 3.05) is 5.32 Å². The molecule has 1 amide bonds. The van der Waals surface area contributed by atoms with Crippen LogP contribution in [0.4, 0.5) is 5.69 Å². The minimum absolute atomic E-state index is 0.195. The maximum atomic E-state index is 12.3. The molecule has 3 aromatic rings. The van der Waals surface area contributed by atoms with Crippen LogP contribution in [-0.2, 0) is 13.0 Å². The van der Waals surface area contributed by atoms with Gasteiger partial charge in [-0.15, -0.1) is 11.3 Å². The highest BCUT2D eigenvalue weighted by atomic mass is 35.5. The molecule has 0 saturated carbocycles. The van der Waals surface area contributed by atoms with Gasteiger partial charge >= 0.3 is 0 Å². The summed E-state index contributed by atoms with van der Waals surface area (Å²) in [6.07, 6.45) is 4.27. The van der Waals surface area contributed by atoms with Gasteiger partial charge in [-0.25, -0.2) is 9.97 Å². The highest BCUT2D eigenvalue weighted by molar-refractivity contribution is 7.09. The van der Waals surface area contributed by atoms with E-state index in [1.165, 1.54) is 4.88 Å². The lowest BCUT2D eigenvalue weighted by Gasteiger charge is -2.04. The second kappa shape index (κ2) is 7.11. The maximum absolute atomic E-state index is 12.3. The number of nitrogens with one attached hydrogen (secondary N) is 1. The van der Waals surface area contributed by atoms with Gasteiger partial charge in [0.15, 0.2) is 0 Å². The van der Waals surface area contributed by atoms with Gasteiger partial charge in [0.05, 0.1) is 28.7 Å². The molecule has 0 aliphatic heterocycles. The van der Waals surface area contributed by atoms with E-state index in [0.29, 0.717) is 11.3 Å². The number of pyridine rings is 1. The van der Waals surface area contributed by atoms with Gasteiger partial charge in [0.2, 0.25) is 0 Å². The van der Waals surface area contributed by atoms with Crippen molar-refractivity contribution in [3.8, 4) is 0 Å². The zero-order valence-electron chi connectivity index (χ0n) is 13.3. The highest BCUT2D eigenvalue weighted by Crippen LogP contribution is 2.17. The molecular weight excluding hydrogens is 346 g/mol. The minimum Gasteiger partial charge on any atom is -0.319 e. The Morgan fingerprint density at radius 1 is 1.38 bits per heavy atom. The van der Waals surface area contributed by atoms with Gasteiger partial charge in [-0.2, -0.15) is 5.10 Å². The smallest absolute Gasteiger partial charge is 0.258 e. The van der Waals surface area contributed by atoms with E-state index in [1.54, 1.807) is 40.5 Å². The van der Waals surface area contributed by atoms with Gasteiger partial charge in [0.1, 0.15) is 5.15 Å². The topological polar surface area (TPSA) is 72.7 Å². The second-order valence-corrected chi connectivity index (χ2v) is 6.65. The molecule has 124 valence electrons. The third-order valence-electron chi connectivity index (χ3n) is 3.54. The summed E-state index contributed by atoms with van der Waals surface area (Å²) in [7, 11) is 0. The number of thiazole rings is 1. The summed E-state index contributed by atoms with van der Waals surface area (Å²) >= 11 is 7.66. The third-order valence-corrected chi connectivity index (χ3v) is 4.82. The van der Waals surface area contributed by atoms with Crippen molar-refractivity contribution in [2.24, 2.45) is 0 Å². The first-order valence-electron chi connectivity index (χ1n) is 7.39. The number of rotatable bonds is 5. The molecule has 3 rings (SSSR count). The molecule has 6 nitrogen and oxygen atoms in total. The molecule has 0 spiro atoms. The van der Waals surface area contributed by atoms with E-state index in [4.69, 9.17) is 11.6 Å². The molecule has 1 N–H and O–H groups in total. The lowest BCUT2D eigenvalue weighted by Crippen LogP contribution is -2.12. The molecule has 3 heterocycles. The average molecular weight is 362 g/mol. The van der Waals surface area contributed by atoms with Crippen molar-refractivity contribution in [2.45, 2.75) is 26.8 Å². The number of carbonyl (C=O) groups is 1. The maximum Gasteiger partial charge on any atom is 0.258 e. The molecule has 0 aliphatic carbocycles. The average Bonchev–Trinajstić information content (AvgIpc) is 3.14. The predicted octanol–water partition coefficient (Wildman–Crippen LogP) is 3.50. The number of carbonyl (C=O) groups excluding carboxylic acids is 1. The van der Waals surface area contributed by atoms with Crippen LogP contribution < -0.4 is 5.32 Å². The van der Waals surface area contributed by atoms with Crippen molar-refractivity contribution < 1.29 is 4.79 Å². The summed E-state index contributed by atoms with van der Waals surface area (Å²) < 4.78 is 1.80. The lowest BCUT2D eigenvalue weighted by molar-refractivity contribution is 0.102. The quantitative estimate of drug-likeness (QED) is 0.706. The summed E-state index contributed by atoms with van der Waals surface area (Å²) in [4.78, 5) is 21.8. The van der Waals surface area contributed by atoms with Crippen molar-refractivity contribution in [1.82, 2.24) is 19.7 Å². The van der Waals surface area contributed by atoms with E-state index < -0.39 is 0 Å². The Balaban J connectivity index is 1.63. The Hall–Kier alpha value is -2.25. The molecule has 3 aromatic heterocycles. The normalized spacial score (nSPS) is 10.8. The molecule has 0 fully saturated rings. The number of anilines is 1. The van der Waals surface area contributed by atoms with E-state index in [0.717, 1.165) is 24.4 Å². The largest absolute Gasteiger partial charge is 0.319 e. The fourth-order valence-corrected chi connectivity index (χ4v) is 3.28. The van der Waals surface area contributed by atoms with Gasteiger partial charge in [-0.1, -0.05) is 11.6 Å². The van der Waals surface area contributed by atoms with Crippen molar-refractivity contribution in [1.29, 1.82) is 0 Å². The Kier molecular flexibility index (Phi) is 4.92. The molecule has 0 atom stereocenters. The van der Waals surface area contributed by atoms with Crippen LogP contribution in [0, 0.1) is 13.8 Å². The molecule has 24 heavy (non-hydrogen) atoms. The molecule has 0 radical (unpaired) electrons. The van der Waals surface area contributed by atoms with Crippen LogP contribution in [0.5, 0.6) is 0 Å². The Labute approximate surface area is 148 Å². The molecule has 8 heteroatoms. The summed E-state index contributed by atoms with van der Waals surface area (Å²) in [5, 5.41) is 7.25. The summed E-state index contributed by atoms with van der Waals surface area (Å²) in [6.45, 7) is 4.55. The van der Waals surface area contributed by atoms with Crippen molar-refractivity contribution in [3.05, 3.63) is 57.0 Å². The fourth-order valence-electron chi connectivity index (χ4n) is 2.23. The third kappa shape index (κ3) is 3.80. The predicted molar refractivity (Wildman–Crippen MR) is 94.7 cm³/mol. The molecule has 0 saturated heterocycles. The number of halogens is 1. The monoisotopic (exact) mass is 361 g/mol. The molecule has 0 aromatic carbocycles. The van der Waals surface area contributed by atoms with Crippen molar-refractivity contribution in [3.63, 3.8) is 0 Å². The first-order valence-corrected chi connectivity index (χ1v) is 8.64. The van der Waals surface area contributed by atoms with Gasteiger partial charge in [-0.05, 0) is 26.0 Å². The first kappa shape index (κ1) is 16.6. The van der Waals surface area contributed by atoms with Gasteiger partial charge in [0, 0.05) is 29.7 Å². The summed E-state index contributed by atoms with van der Waals surface area (Å²) in [6, 6.07) is 3.42. The second-order valence-electron chi connectivity index (χ2n) is 5.35. The van der Waals surface area contributed by atoms with Gasteiger partial charge in [-0.3, -0.25) is 9.48 Å². The Bertz CT molecular complexity index is 873. The standard InChI is InChI=1S/C16H16ClN5OS/c1-10-3-4-13(15(17)20-10)16(23)21-12-7-19-22(8-12)6-5-14-11(2)18-9-24-14/h3-4,7-9H,5-6H2,1-2H3,(H,21,23). The SMILES string of the molecule is Cc1ccc(C(=O)Nc2cnn(CCc3scnc3C)c2)c(Cl)n1. The molecule has 0 aliphatic rings. The lowest BCUT2D eigenvalue weighted by atomic mass is 10.2. The first-order chi connectivity index (χ1) is 11.5. The Morgan fingerprint density at radius 2 is 2.21 bits per heavy atom. The molecular formula is C16H16ClN5OS. The van der Waals surface area contributed by atoms with Gasteiger partial charge in [0.25, 0.3) is 5.91 Å². The van der Waals surface area contributed by atoms with E-state index >= 15 is 0 Å². The number of aromatic nitrogens is 4. The number of amides is 1. The fraction of sp³-hybridized carbons (Fsp3) is 0.250. The van der Waals surface area contributed by atoms with Crippen LogP contribution in [0.2, 0.25) is 5.15 Å². The number of nitrogens with zero attached hydrogens (tertiary/aromatic N) is 4. The van der Waals surface area contributed by atoms with Crippen LogP contribution in [0.15, 0.2) is 30.0 Å². The van der Waals surface area contributed by atoms with Crippen molar-refractivity contribution >= 4 is 34.5 Å². The highest BCUT2D eigenvalue weighted by Gasteiger charge is 2.13. The summed E-state index contributed by atoms with van der Waals surface area (Å²) in [5.74, 6) is -0.301. The minimum atomic E-state index is -0.301. The zero-order valence-corrected chi connectivity index (χ0v) is 14.9. The van der Waals surface area contributed by atoms with E-state index in [1.807, 2.05) is 19.4 Å². The molecule has 0 bridgehead atoms. The van der Waals surface area contributed by atoms with Crippen LogP contribution in [0.25, 0.3) is 0 Å². The number of hydrogen-bond donors (Lipinski definition) is 1. The molecule has 0 unspecified atom stereocenters. The number of aryl methyl sites for hydroxylation is 4. The van der Waals surface area contributed by atoms with Crippen LogP contribution in [0.1, 0.15) is 26.6 Å². The Morgan fingerprint density at radius 3 is 2.92 bits per heavy atom. The van der Waals surface area contributed by atoms with Crippen LogP contribution in [-0.4, -0.2) is 25.7 Å². The summed E-state index contributed by atoms with van der Waals surface area (Å²) in [5.41, 5.74) is 4.64. The van der Waals surface area contributed by atoms with E-state index in [9.17, 15) is 4.79 Å². The number of hydrogen-bond acceptors (Lipinski definition) is 5. The van der Waals surface area contributed by atoms with Gasteiger partial charge < -0.3 is 5.32 Å². The van der Waals surface area contributed by atoms with E-state index in [-0.39, 0.29) is 11.1 Å². The van der Waals surface area contributed by atoms with E-state index in [2.05, 4.69) is 20.4 Å². The van der Waals surface area contributed by atoms with Crippen LogP contribution in [0.3, 0.4) is 0 Å².